The van der Waals surface area contributed by atoms with Crippen LogP contribution in [0.4, 0.5) is 11.1 Å². The number of nitrogens with zero attached hydrogens (tertiary/aromatic N) is 3. The largest absolute Gasteiger partial charge is 0.469 e. The van der Waals surface area contributed by atoms with Crippen molar-refractivity contribution in [1.29, 1.82) is 0 Å². The molecule has 0 radical (unpaired) electrons. The molecule has 0 aliphatic rings. The molecule has 7 nitrogen and oxygen atoms in total. The average Bonchev–Trinajstić information content (AvgIpc) is 3.21. The highest BCUT2D eigenvalue weighted by atomic mass is 32.1. The SMILES string of the molecule is COC(=O)C(C)(C)CC(=O)c1ccc(-c2cnc(Nc3nc4ccccc4s3)nc2)cc1. The van der Waals surface area contributed by atoms with Crippen LogP contribution >= 0.6 is 11.3 Å². The maximum atomic E-state index is 12.6. The van der Waals surface area contributed by atoms with E-state index in [9.17, 15) is 9.59 Å². The number of thiazole rings is 1. The van der Waals surface area contributed by atoms with Crippen LogP contribution in [-0.4, -0.2) is 33.8 Å². The van der Waals surface area contributed by atoms with E-state index in [0.29, 0.717) is 11.5 Å². The second-order valence-electron chi connectivity index (χ2n) is 7.96. The summed E-state index contributed by atoms with van der Waals surface area (Å²) in [5.74, 6) is -0.0533. The van der Waals surface area contributed by atoms with E-state index in [1.54, 1.807) is 49.7 Å². The molecule has 0 atom stereocenters. The highest BCUT2D eigenvalue weighted by Crippen LogP contribution is 2.28. The summed E-state index contributed by atoms with van der Waals surface area (Å²) in [5.41, 5.74) is 2.32. The molecule has 162 valence electrons. The number of hydrogen-bond acceptors (Lipinski definition) is 8. The van der Waals surface area contributed by atoms with Crippen LogP contribution in [0.25, 0.3) is 21.3 Å². The Labute approximate surface area is 189 Å². The number of carbonyl (C=O) groups excluding carboxylic acids is 2. The topological polar surface area (TPSA) is 94.1 Å². The van der Waals surface area contributed by atoms with E-state index in [1.807, 2.05) is 36.4 Å². The lowest BCUT2D eigenvalue weighted by Gasteiger charge is -2.20. The molecule has 8 heteroatoms. The molecular weight excluding hydrogens is 424 g/mol. The molecule has 1 N–H and O–H groups in total. The van der Waals surface area contributed by atoms with E-state index in [0.717, 1.165) is 26.5 Å². The smallest absolute Gasteiger partial charge is 0.311 e. The number of benzene rings is 2. The number of aromatic nitrogens is 3. The van der Waals surface area contributed by atoms with Crippen molar-refractivity contribution in [2.45, 2.75) is 20.3 Å². The minimum Gasteiger partial charge on any atom is -0.469 e. The van der Waals surface area contributed by atoms with Gasteiger partial charge in [0.1, 0.15) is 0 Å². The van der Waals surface area contributed by atoms with E-state index < -0.39 is 11.4 Å². The second-order valence-corrected chi connectivity index (χ2v) is 8.99. The Kier molecular flexibility index (Phi) is 5.96. The van der Waals surface area contributed by atoms with Crippen molar-refractivity contribution in [3.63, 3.8) is 0 Å². The van der Waals surface area contributed by atoms with E-state index >= 15 is 0 Å². The van der Waals surface area contributed by atoms with Crippen LogP contribution in [0.15, 0.2) is 60.9 Å². The first-order valence-electron chi connectivity index (χ1n) is 10.0. The first kappa shape index (κ1) is 21.6. The van der Waals surface area contributed by atoms with Crippen LogP contribution < -0.4 is 5.32 Å². The zero-order chi connectivity index (χ0) is 22.7. The molecule has 0 amide bonds. The number of para-hydroxylation sites is 1. The number of esters is 1. The van der Waals surface area contributed by atoms with Gasteiger partial charge in [0.2, 0.25) is 5.95 Å². The third kappa shape index (κ3) is 4.65. The molecule has 0 saturated carbocycles. The lowest BCUT2D eigenvalue weighted by molar-refractivity contribution is -0.150. The van der Waals surface area contributed by atoms with E-state index in [2.05, 4.69) is 20.3 Å². The van der Waals surface area contributed by atoms with Gasteiger partial charge in [0.05, 0.1) is 22.7 Å². The van der Waals surface area contributed by atoms with Gasteiger partial charge < -0.3 is 10.1 Å². The number of anilines is 2. The third-order valence-electron chi connectivity index (χ3n) is 5.05. The fraction of sp³-hybridized carbons (Fsp3) is 0.208. The molecule has 0 spiro atoms. The Morgan fingerprint density at radius 2 is 1.69 bits per heavy atom. The summed E-state index contributed by atoms with van der Waals surface area (Å²) < 4.78 is 5.87. The molecule has 0 bridgehead atoms. The molecule has 32 heavy (non-hydrogen) atoms. The van der Waals surface area contributed by atoms with Gasteiger partial charge in [-0.1, -0.05) is 47.7 Å². The molecule has 0 unspecified atom stereocenters. The van der Waals surface area contributed by atoms with Crippen molar-refractivity contribution in [2.24, 2.45) is 5.41 Å². The van der Waals surface area contributed by atoms with Gasteiger partial charge >= 0.3 is 5.97 Å². The van der Waals surface area contributed by atoms with Gasteiger partial charge in [-0.3, -0.25) is 9.59 Å². The third-order valence-corrected chi connectivity index (χ3v) is 6.00. The summed E-state index contributed by atoms with van der Waals surface area (Å²) in [4.78, 5) is 37.7. The molecule has 4 rings (SSSR count). The lowest BCUT2D eigenvalue weighted by atomic mass is 9.85. The standard InChI is InChI=1S/C24H22N4O3S/c1-24(2,21(30)31-3)12-19(29)16-10-8-15(9-11-16)17-13-25-22(26-14-17)28-23-27-18-6-4-5-7-20(18)32-23/h4-11,13-14H,12H2,1-3H3,(H,25,26,27,28). The Morgan fingerprint density at radius 1 is 1.00 bits per heavy atom. The van der Waals surface area contributed by atoms with Crippen LogP contribution in [-0.2, 0) is 9.53 Å². The molecule has 0 fully saturated rings. The summed E-state index contributed by atoms with van der Waals surface area (Å²) in [7, 11) is 1.32. The number of fused-ring (bicyclic) bond motifs is 1. The van der Waals surface area contributed by atoms with Crippen LogP contribution in [0.5, 0.6) is 0 Å². The number of nitrogens with one attached hydrogen (secondary N) is 1. The Bertz CT molecular complexity index is 1230. The number of ether oxygens (including phenoxy) is 1. The second kappa shape index (κ2) is 8.84. The normalized spacial score (nSPS) is 11.3. The van der Waals surface area contributed by atoms with Crippen molar-refractivity contribution < 1.29 is 14.3 Å². The highest BCUT2D eigenvalue weighted by molar-refractivity contribution is 7.22. The first-order valence-corrected chi connectivity index (χ1v) is 10.8. The number of rotatable bonds is 7. The Balaban J connectivity index is 1.44. The number of methoxy groups -OCH3 is 1. The molecule has 4 aromatic rings. The van der Waals surface area contributed by atoms with E-state index in [1.165, 1.54) is 7.11 Å². The average molecular weight is 447 g/mol. The molecule has 2 aromatic heterocycles. The van der Waals surface area contributed by atoms with Gasteiger partial charge in [0, 0.05) is 29.9 Å². The Hall–Kier alpha value is -3.65. The molecule has 2 heterocycles. The minimum atomic E-state index is -0.871. The molecule has 2 aromatic carbocycles. The summed E-state index contributed by atoms with van der Waals surface area (Å²) in [6.07, 6.45) is 3.52. The van der Waals surface area contributed by atoms with Gasteiger partial charge in [-0.05, 0) is 31.5 Å². The first-order chi connectivity index (χ1) is 15.4. The number of Topliss-reactive ketones (excluding diaryl/α,β-unsaturated/α-hetero) is 1. The van der Waals surface area contributed by atoms with E-state index in [-0.39, 0.29) is 12.2 Å². The van der Waals surface area contributed by atoms with Crippen molar-refractivity contribution >= 4 is 44.4 Å². The van der Waals surface area contributed by atoms with Crippen molar-refractivity contribution in [2.75, 3.05) is 12.4 Å². The minimum absolute atomic E-state index is 0.0776. The Morgan fingerprint density at radius 3 is 2.34 bits per heavy atom. The maximum absolute atomic E-state index is 12.6. The molecular formula is C24H22N4O3S. The molecule has 0 aliphatic heterocycles. The maximum Gasteiger partial charge on any atom is 0.311 e. The predicted molar refractivity (Wildman–Crippen MR) is 125 cm³/mol. The van der Waals surface area contributed by atoms with Gasteiger partial charge in [0.15, 0.2) is 10.9 Å². The van der Waals surface area contributed by atoms with Crippen LogP contribution in [0.3, 0.4) is 0 Å². The molecule has 0 saturated heterocycles. The fourth-order valence-electron chi connectivity index (χ4n) is 3.26. The van der Waals surface area contributed by atoms with Gasteiger partial charge in [0.25, 0.3) is 0 Å². The fourth-order valence-corrected chi connectivity index (χ4v) is 4.12. The molecule has 0 aliphatic carbocycles. The zero-order valence-corrected chi connectivity index (χ0v) is 18.8. The summed E-state index contributed by atoms with van der Waals surface area (Å²) in [5, 5.41) is 3.87. The van der Waals surface area contributed by atoms with Crippen molar-refractivity contribution in [1.82, 2.24) is 15.0 Å². The van der Waals surface area contributed by atoms with Gasteiger partial charge in [-0.15, -0.1) is 0 Å². The lowest BCUT2D eigenvalue weighted by Crippen LogP contribution is -2.28. The highest BCUT2D eigenvalue weighted by Gasteiger charge is 2.31. The van der Waals surface area contributed by atoms with Crippen LogP contribution in [0.2, 0.25) is 0 Å². The predicted octanol–water partition coefficient (Wildman–Crippen LogP) is 5.27. The van der Waals surface area contributed by atoms with Gasteiger partial charge in [-0.25, -0.2) is 15.0 Å². The summed E-state index contributed by atoms with van der Waals surface area (Å²) in [6, 6.07) is 15.1. The van der Waals surface area contributed by atoms with Crippen molar-refractivity contribution in [3.8, 4) is 11.1 Å². The summed E-state index contributed by atoms with van der Waals surface area (Å²) in [6.45, 7) is 3.40. The number of hydrogen-bond donors (Lipinski definition) is 1. The van der Waals surface area contributed by atoms with Gasteiger partial charge in [-0.2, -0.15) is 0 Å². The number of ketones is 1. The van der Waals surface area contributed by atoms with E-state index in [4.69, 9.17) is 4.74 Å². The quantitative estimate of drug-likeness (QED) is 0.305. The van der Waals surface area contributed by atoms with Crippen LogP contribution in [0, 0.1) is 5.41 Å². The van der Waals surface area contributed by atoms with Crippen LogP contribution in [0.1, 0.15) is 30.6 Å². The van der Waals surface area contributed by atoms with Crippen molar-refractivity contribution in [3.05, 3.63) is 66.5 Å². The number of carbonyl (C=O) groups is 2. The summed E-state index contributed by atoms with van der Waals surface area (Å²) >= 11 is 1.54. The zero-order valence-electron chi connectivity index (χ0n) is 18.0. The monoisotopic (exact) mass is 446 g/mol.